The first-order valence-corrected chi connectivity index (χ1v) is 9.15. The van der Waals surface area contributed by atoms with Crippen LogP contribution in [0.25, 0.3) is 0 Å². The summed E-state index contributed by atoms with van der Waals surface area (Å²) in [6.07, 6.45) is -0.802. The first-order valence-electron chi connectivity index (χ1n) is 9.15. The molecule has 5 atom stereocenters. The van der Waals surface area contributed by atoms with E-state index in [0.717, 1.165) is 13.2 Å². The Morgan fingerprint density at radius 1 is 1.31 bits per heavy atom. The van der Waals surface area contributed by atoms with Gasteiger partial charge in [0, 0.05) is 24.5 Å². The van der Waals surface area contributed by atoms with Crippen LogP contribution in [0.4, 0.5) is 0 Å². The van der Waals surface area contributed by atoms with E-state index in [4.69, 9.17) is 14.2 Å². The Kier molecular flexibility index (Phi) is 5.83. The van der Waals surface area contributed by atoms with E-state index >= 15 is 0 Å². The van der Waals surface area contributed by atoms with E-state index in [9.17, 15) is 24.9 Å². The largest absolute Gasteiger partial charge is 0.507 e. The first-order chi connectivity index (χ1) is 13.7. The lowest BCUT2D eigenvalue weighted by Gasteiger charge is -2.27. The van der Waals surface area contributed by atoms with E-state index in [2.05, 4.69) is 4.74 Å². The average molecular weight is 408 g/mol. The molecule has 29 heavy (non-hydrogen) atoms. The maximum atomic E-state index is 12.7. The SMILES string of the molecule is COC(=O)C1(O)C=CCC(C)OC(=O)c2c(O)cc(OC)cc2C2OC2CC1O. The Hall–Kier alpha value is -2.62. The zero-order valence-electron chi connectivity index (χ0n) is 16.3. The van der Waals surface area contributed by atoms with Gasteiger partial charge in [0.1, 0.15) is 29.3 Å². The second-order valence-corrected chi connectivity index (χ2v) is 7.13. The number of phenolic OH excluding ortho intramolecular Hbond substituents is 1. The van der Waals surface area contributed by atoms with Gasteiger partial charge in [-0.2, -0.15) is 0 Å². The minimum absolute atomic E-state index is 0.0499. The van der Waals surface area contributed by atoms with Gasteiger partial charge in [-0.05, 0) is 19.1 Å². The Labute approximate surface area is 167 Å². The van der Waals surface area contributed by atoms with Crippen molar-refractivity contribution >= 4 is 11.9 Å². The summed E-state index contributed by atoms with van der Waals surface area (Å²) >= 11 is 0. The summed E-state index contributed by atoms with van der Waals surface area (Å²) in [5, 5.41) is 31.6. The first kappa shape index (κ1) is 21.1. The van der Waals surface area contributed by atoms with Gasteiger partial charge >= 0.3 is 11.9 Å². The third-order valence-electron chi connectivity index (χ3n) is 5.07. The molecule has 0 aliphatic carbocycles. The van der Waals surface area contributed by atoms with Crippen LogP contribution in [0.15, 0.2) is 24.3 Å². The van der Waals surface area contributed by atoms with E-state index in [0.29, 0.717) is 11.3 Å². The van der Waals surface area contributed by atoms with Crippen LogP contribution in [0.2, 0.25) is 0 Å². The van der Waals surface area contributed by atoms with E-state index in [1.165, 1.54) is 19.3 Å². The van der Waals surface area contributed by atoms with Gasteiger partial charge in [-0.1, -0.05) is 6.08 Å². The molecule has 2 aliphatic rings. The van der Waals surface area contributed by atoms with Crippen molar-refractivity contribution in [1.82, 2.24) is 0 Å². The van der Waals surface area contributed by atoms with Crippen molar-refractivity contribution in [3.63, 3.8) is 0 Å². The predicted octanol–water partition coefficient (Wildman–Crippen LogP) is 1.00. The maximum Gasteiger partial charge on any atom is 0.344 e. The molecule has 0 saturated carbocycles. The Balaban J connectivity index is 2.02. The van der Waals surface area contributed by atoms with E-state index < -0.39 is 42.0 Å². The van der Waals surface area contributed by atoms with Crippen molar-refractivity contribution in [1.29, 1.82) is 0 Å². The van der Waals surface area contributed by atoms with Crippen molar-refractivity contribution in [3.8, 4) is 11.5 Å². The number of methoxy groups -OCH3 is 2. The van der Waals surface area contributed by atoms with Crippen LogP contribution in [0.1, 0.15) is 41.8 Å². The zero-order valence-corrected chi connectivity index (χ0v) is 16.3. The van der Waals surface area contributed by atoms with E-state index in [1.807, 2.05) is 0 Å². The van der Waals surface area contributed by atoms with Gasteiger partial charge in [-0.3, -0.25) is 0 Å². The summed E-state index contributed by atoms with van der Waals surface area (Å²) in [5.74, 6) is -1.76. The molecule has 0 aromatic heterocycles. The van der Waals surface area contributed by atoms with Crippen LogP contribution in [-0.4, -0.2) is 65.4 Å². The number of carbonyl (C=O) groups excluding carboxylic acids is 2. The van der Waals surface area contributed by atoms with Gasteiger partial charge in [-0.15, -0.1) is 0 Å². The predicted molar refractivity (Wildman–Crippen MR) is 98.5 cm³/mol. The van der Waals surface area contributed by atoms with Crippen LogP contribution in [0.5, 0.6) is 11.5 Å². The van der Waals surface area contributed by atoms with Crippen LogP contribution in [0, 0.1) is 0 Å². The molecule has 1 aromatic carbocycles. The average Bonchev–Trinajstić information content (AvgIpc) is 3.44. The molecule has 2 heterocycles. The number of benzene rings is 1. The van der Waals surface area contributed by atoms with Crippen LogP contribution >= 0.6 is 0 Å². The van der Waals surface area contributed by atoms with Crippen molar-refractivity contribution < 1.29 is 43.9 Å². The zero-order chi connectivity index (χ0) is 21.3. The highest BCUT2D eigenvalue weighted by molar-refractivity contribution is 5.95. The number of carbonyl (C=O) groups is 2. The molecule has 0 bridgehead atoms. The summed E-state index contributed by atoms with van der Waals surface area (Å²) in [7, 11) is 2.52. The number of epoxide rings is 1. The minimum atomic E-state index is -2.28. The molecule has 9 nitrogen and oxygen atoms in total. The van der Waals surface area contributed by atoms with Crippen molar-refractivity contribution in [2.75, 3.05) is 14.2 Å². The number of hydrogen-bond donors (Lipinski definition) is 3. The normalized spacial score (nSPS) is 31.8. The molecule has 3 rings (SSSR count). The van der Waals surface area contributed by atoms with Gasteiger partial charge in [0.25, 0.3) is 0 Å². The fraction of sp³-hybridized carbons (Fsp3) is 0.500. The highest BCUT2D eigenvalue weighted by Gasteiger charge is 2.50. The smallest absolute Gasteiger partial charge is 0.344 e. The molecular formula is C20H24O9. The number of hydrogen-bond acceptors (Lipinski definition) is 9. The molecular weight excluding hydrogens is 384 g/mol. The second kappa shape index (κ2) is 8.02. The number of esters is 2. The topological polar surface area (TPSA) is 135 Å². The van der Waals surface area contributed by atoms with Crippen LogP contribution < -0.4 is 4.74 Å². The van der Waals surface area contributed by atoms with Crippen LogP contribution in [-0.2, 0) is 19.0 Å². The third kappa shape index (κ3) is 4.07. The number of aliphatic hydroxyl groups is 2. The molecule has 1 saturated heterocycles. The van der Waals surface area contributed by atoms with Crippen molar-refractivity contribution in [2.24, 2.45) is 0 Å². The molecule has 0 radical (unpaired) electrons. The maximum absolute atomic E-state index is 12.7. The number of fused-ring (bicyclic) bond motifs is 3. The van der Waals surface area contributed by atoms with Gasteiger partial charge < -0.3 is 34.3 Å². The Morgan fingerprint density at radius 2 is 2.03 bits per heavy atom. The fourth-order valence-electron chi connectivity index (χ4n) is 3.39. The highest BCUT2D eigenvalue weighted by Crippen LogP contribution is 2.47. The third-order valence-corrected chi connectivity index (χ3v) is 5.07. The number of ether oxygens (including phenoxy) is 4. The Bertz CT molecular complexity index is 833. The van der Waals surface area contributed by atoms with Gasteiger partial charge in [0.2, 0.25) is 5.60 Å². The Morgan fingerprint density at radius 3 is 2.69 bits per heavy atom. The molecule has 158 valence electrons. The molecule has 3 N–H and O–H groups in total. The molecule has 1 aromatic rings. The summed E-state index contributed by atoms with van der Waals surface area (Å²) in [5.41, 5.74) is -1.99. The van der Waals surface area contributed by atoms with E-state index in [1.54, 1.807) is 13.0 Å². The number of rotatable bonds is 2. The lowest BCUT2D eigenvalue weighted by atomic mass is 9.90. The van der Waals surface area contributed by atoms with Gasteiger partial charge in [0.05, 0.1) is 26.4 Å². The quantitative estimate of drug-likeness (QED) is 0.372. The summed E-state index contributed by atoms with van der Waals surface area (Å²) in [4.78, 5) is 24.8. The van der Waals surface area contributed by atoms with Gasteiger partial charge in [0.15, 0.2) is 0 Å². The molecule has 9 heteroatoms. The van der Waals surface area contributed by atoms with Crippen molar-refractivity contribution in [2.45, 2.75) is 49.8 Å². The molecule has 1 fully saturated rings. The van der Waals surface area contributed by atoms with Crippen molar-refractivity contribution in [3.05, 3.63) is 35.4 Å². The lowest BCUT2D eigenvalue weighted by molar-refractivity contribution is -0.167. The standard InChI is InChI=1S/C20H24O9/c1-10-5-4-6-20(25,19(24)27-3)15(22)9-14-17(29-14)12-7-11(26-2)8-13(21)16(12)18(23)28-10/h4,6-8,10,14-15,17,21-22,25H,5,9H2,1-3H3. The van der Waals surface area contributed by atoms with Gasteiger partial charge in [-0.25, -0.2) is 9.59 Å². The summed E-state index contributed by atoms with van der Waals surface area (Å²) < 4.78 is 20.7. The highest BCUT2D eigenvalue weighted by atomic mass is 16.6. The molecule has 2 aliphatic heterocycles. The lowest BCUT2D eigenvalue weighted by Crippen LogP contribution is -2.49. The second-order valence-electron chi connectivity index (χ2n) is 7.13. The number of cyclic esters (lactones) is 1. The minimum Gasteiger partial charge on any atom is -0.507 e. The van der Waals surface area contributed by atoms with Crippen LogP contribution in [0.3, 0.4) is 0 Å². The monoisotopic (exact) mass is 408 g/mol. The fourth-order valence-corrected chi connectivity index (χ4v) is 3.39. The molecule has 5 unspecified atom stereocenters. The molecule has 0 spiro atoms. The summed E-state index contributed by atoms with van der Waals surface area (Å²) in [6, 6.07) is 2.84. The summed E-state index contributed by atoms with van der Waals surface area (Å²) in [6.45, 7) is 1.62. The number of aromatic hydroxyl groups is 1. The van der Waals surface area contributed by atoms with E-state index in [-0.39, 0.29) is 24.2 Å². The number of aliphatic hydroxyl groups excluding tert-OH is 1. The molecule has 0 amide bonds. The number of phenols is 1.